The number of benzene rings is 1. The molecule has 0 aromatic heterocycles. The van der Waals surface area contributed by atoms with Crippen molar-refractivity contribution in [2.45, 2.75) is 46.6 Å². The Hall–Kier alpha value is -1.71. The van der Waals surface area contributed by atoms with Crippen molar-refractivity contribution < 1.29 is 14.3 Å². The largest absolute Gasteiger partial charge is 0.490 e. The molecule has 3 N–H and O–H groups in total. The molecule has 160 valence electrons. The van der Waals surface area contributed by atoms with Crippen molar-refractivity contribution in [3.8, 4) is 11.5 Å². The van der Waals surface area contributed by atoms with Crippen molar-refractivity contribution in [1.82, 2.24) is 16.0 Å². The Morgan fingerprint density at radius 3 is 2.36 bits per heavy atom. The minimum Gasteiger partial charge on any atom is -0.490 e. The topological polar surface area (TPSA) is 84.0 Å². The summed E-state index contributed by atoms with van der Waals surface area (Å²) in [5.74, 6) is 2.18. The first-order valence-electron chi connectivity index (χ1n) is 9.69. The quantitative estimate of drug-likeness (QED) is 0.244. The van der Waals surface area contributed by atoms with Crippen LogP contribution in [0.25, 0.3) is 0 Å². The van der Waals surface area contributed by atoms with Gasteiger partial charge in [0.05, 0.1) is 19.3 Å². The summed E-state index contributed by atoms with van der Waals surface area (Å²) in [5.41, 5.74) is 1.06. The summed E-state index contributed by atoms with van der Waals surface area (Å²) in [6.07, 6.45) is 1.35. The molecular formula is C20H35IN4O3. The average molecular weight is 506 g/mol. The monoisotopic (exact) mass is 506 g/mol. The van der Waals surface area contributed by atoms with Crippen LogP contribution >= 0.6 is 24.0 Å². The average Bonchev–Trinajstić information content (AvgIpc) is 2.67. The summed E-state index contributed by atoms with van der Waals surface area (Å²) in [7, 11) is 1.71. The predicted molar refractivity (Wildman–Crippen MR) is 125 cm³/mol. The lowest BCUT2D eigenvalue weighted by Crippen LogP contribution is -2.40. The maximum absolute atomic E-state index is 11.7. The summed E-state index contributed by atoms with van der Waals surface area (Å²) < 4.78 is 11.3. The molecule has 0 aliphatic heterocycles. The van der Waals surface area contributed by atoms with Gasteiger partial charge in [-0.3, -0.25) is 9.79 Å². The van der Waals surface area contributed by atoms with E-state index in [0.29, 0.717) is 38.7 Å². The number of nitrogens with zero attached hydrogens (tertiary/aromatic N) is 1. The number of rotatable bonds is 11. The molecule has 28 heavy (non-hydrogen) atoms. The normalized spacial score (nSPS) is 11.8. The van der Waals surface area contributed by atoms with Gasteiger partial charge in [-0.2, -0.15) is 0 Å². The summed E-state index contributed by atoms with van der Waals surface area (Å²) in [6.45, 7) is 10.4. The Bertz CT molecular complexity index is 611. The van der Waals surface area contributed by atoms with Crippen molar-refractivity contribution >= 4 is 35.8 Å². The molecule has 0 aliphatic carbocycles. The van der Waals surface area contributed by atoms with E-state index in [-0.39, 0.29) is 35.9 Å². The minimum atomic E-state index is 0. The Kier molecular flexibility index (Phi) is 14.3. The number of aliphatic imine (C=N–C) groups is 1. The molecule has 1 atom stereocenters. The standard InChI is InChI=1S/C20H34N4O3.HI/c1-6-12-22-19(25)11-13-23-20(21-5)24-15(4)16-9-10-17(26-7-2)18(14-16)27-8-3;/h9-10,14-15H,6-8,11-13H2,1-5H3,(H,22,25)(H2,21,23,24);1H. The van der Waals surface area contributed by atoms with Gasteiger partial charge in [-0.05, 0) is 44.9 Å². The van der Waals surface area contributed by atoms with Crippen molar-refractivity contribution in [3.63, 3.8) is 0 Å². The van der Waals surface area contributed by atoms with Crippen molar-refractivity contribution in [2.24, 2.45) is 4.99 Å². The van der Waals surface area contributed by atoms with Gasteiger partial charge in [0.25, 0.3) is 0 Å². The van der Waals surface area contributed by atoms with Crippen LogP contribution in [0, 0.1) is 0 Å². The highest BCUT2D eigenvalue weighted by atomic mass is 127. The van der Waals surface area contributed by atoms with E-state index in [1.165, 1.54) is 0 Å². The lowest BCUT2D eigenvalue weighted by molar-refractivity contribution is -0.120. The number of hydrogen-bond acceptors (Lipinski definition) is 4. The molecule has 0 saturated carbocycles. The summed E-state index contributed by atoms with van der Waals surface area (Å²) in [6, 6.07) is 5.94. The van der Waals surface area contributed by atoms with E-state index in [9.17, 15) is 4.79 Å². The molecule has 1 rings (SSSR count). The first-order chi connectivity index (χ1) is 13.0. The number of nitrogens with one attached hydrogen (secondary N) is 3. The van der Waals surface area contributed by atoms with E-state index in [1.54, 1.807) is 7.05 Å². The number of carbonyl (C=O) groups excluding carboxylic acids is 1. The van der Waals surface area contributed by atoms with Crippen LogP contribution in [0.1, 0.15) is 52.1 Å². The molecule has 8 heteroatoms. The number of halogens is 1. The maximum Gasteiger partial charge on any atom is 0.221 e. The zero-order valence-electron chi connectivity index (χ0n) is 17.6. The summed E-state index contributed by atoms with van der Waals surface area (Å²) in [4.78, 5) is 15.9. The van der Waals surface area contributed by atoms with Crippen LogP contribution in [0.15, 0.2) is 23.2 Å². The smallest absolute Gasteiger partial charge is 0.221 e. The first kappa shape index (κ1) is 26.3. The molecule has 7 nitrogen and oxygen atoms in total. The van der Waals surface area contributed by atoms with E-state index >= 15 is 0 Å². The number of carbonyl (C=O) groups is 1. The van der Waals surface area contributed by atoms with Gasteiger partial charge in [-0.1, -0.05) is 13.0 Å². The molecule has 0 saturated heterocycles. The van der Waals surface area contributed by atoms with Gasteiger partial charge < -0.3 is 25.4 Å². The lowest BCUT2D eigenvalue weighted by atomic mass is 10.1. The van der Waals surface area contributed by atoms with Crippen molar-refractivity contribution in [3.05, 3.63) is 23.8 Å². The molecule has 1 unspecified atom stereocenters. The molecule has 0 radical (unpaired) electrons. The fourth-order valence-corrected chi connectivity index (χ4v) is 2.47. The van der Waals surface area contributed by atoms with Crippen LogP contribution in [0.3, 0.4) is 0 Å². The Labute approximate surface area is 186 Å². The van der Waals surface area contributed by atoms with Gasteiger partial charge in [0.15, 0.2) is 17.5 Å². The predicted octanol–water partition coefficient (Wildman–Crippen LogP) is 3.24. The second-order valence-electron chi connectivity index (χ2n) is 6.04. The van der Waals surface area contributed by atoms with Gasteiger partial charge in [0, 0.05) is 26.6 Å². The van der Waals surface area contributed by atoms with Gasteiger partial charge in [0.2, 0.25) is 5.91 Å². The number of ether oxygens (including phenoxy) is 2. The SMILES string of the molecule is CCCNC(=O)CCNC(=NC)NC(C)c1ccc(OCC)c(OCC)c1.I. The zero-order chi connectivity index (χ0) is 20.1. The minimum absolute atomic E-state index is 0. The summed E-state index contributed by atoms with van der Waals surface area (Å²) in [5, 5.41) is 9.36. The first-order valence-corrected chi connectivity index (χ1v) is 9.69. The van der Waals surface area contributed by atoms with Crippen LogP contribution < -0.4 is 25.4 Å². The molecule has 0 spiro atoms. The second-order valence-corrected chi connectivity index (χ2v) is 6.04. The van der Waals surface area contributed by atoms with Gasteiger partial charge in [-0.25, -0.2) is 0 Å². The van der Waals surface area contributed by atoms with E-state index in [2.05, 4.69) is 20.9 Å². The van der Waals surface area contributed by atoms with Crippen LogP contribution in [0.2, 0.25) is 0 Å². The molecule has 1 aromatic rings. The lowest BCUT2D eigenvalue weighted by Gasteiger charge is -2.20. The fraction of sp³-hybridized carbons (Fsp3) is 0.600. The van der Waals surface area contributed by atoms with Crippen LogP contribution in [0.5, 0.6) is 11.5 Å². The molecule has 1 amide bonds. The summed E-state index contributed by atoms with van der Waals surface area (Å²) >= 11 is 0. The van der Waals surface area contributed by atoms with Crippen LogP contribution in [0.4, 0.5) is 0 Å². The van der Waals surface area contributed by atoms with Gasteiger partial charge in [-0.15, -0.1) is 24.0 Å². The van der Waals surface area contributed by atoms with E-state index in [0.717, 1.165) is 23.5 Å². The van der Waals surface area contributed by atoms with E-state index in [4.69, 9.17) is 9.47 Å². The Balaban J connectivity index is 0.00000729. The molecular weight excluding hydrogens is 471 g/mol. The van der Waals surface area contributed by atoms with Gasteiger partial charge >= 0.3 is 0 Å². The third-order valence-electron chi connectivity index (χ3n) is 3.86. The molecule has 1 aromatic carbocycles. The molecule has 0 aliphatic rings. The number of hydrogen-bond donors (Lipinski definition) is 3. The highest BCUT2D eigenvalue weighted by molar-refractivity contribution is 14.0. The second kappa shape index (κ2) is 15.2. The number of amides is 1. The molecule has 0 bridgehead atoms. The maximum atomic E-state index is 11.7. The van der Waals surface area contributed by atoms with Crippen molar-refractivity contribution in [2.75, 3.05) is 33.4 Å². The van der Waals surface area contributed by atoms with Crippen LogP contribution in [-0.2, 0) is 4.79 Å². The Morgan fingerprint density at radius 1 is 1.07 bits per heavy atom. The van der Waals surface area contributed by atoms with E-state index < -0.39 is 0 Å². The number of guanidine groups is 1. The zero-order valence-corrected chi connectivity index (χ0v) is 20.0. The third-order valence-corrected chi connectivity index (χ3v) is 3.86. The fourth-order valence-electron chi connectivity index (χ4n) is 2.47. The third kappa shape index (κ3) is 9.48. The van der Waals surface area contributed by atoms with Gasteiger partial charge in [0.1, 0.15) is 0 Å². The molecule has 0 fully saturated rings. The van der Waals surface area contributed by atoms with E-state index in [1.807, 2.05) is 45.9 Å². The van der Waals surface area contributed by atoms with Crippen molar-refractivity contribution in [1.29, 1.82) is 0 Å². The highest BCUT2D eigenvalue weighted by Gasteiger charge is 2.12. The Morgan fingerprint density at radius 2 is 1.75 bits per heavy atom. The van der Waals surface area contributed by atoms with Crippen LogP contribution in [-0.4, -0.2) is 45.2 Å². The molecule has 0 heterocycles. The highest BCUT2D eigenvalue weighted by Crippen LogP contribution is 2.30.